The van der Waals surface area contributed by atoms with Gasteiger partial charge in [-0.25, -0.2) is 9.69 Å². The number of amides is 3. The molecule has 32 heavy (non-hydrogen) atoms. The van der Waals surface area contributed by atoms with Crippen LogP contribution in [0.5, 0.6) is 0 Å². The number of methoxy groups -OCH3 is 1. The molecule has 1 aromatic carbocycles. The molecule has 4 atom stereocenters. The van der Waals surface area contributed by atoms with Crippen molar-refractivity contribution in [3.63, 3.8) is 0 Å². The molecule has 2 aliphatic carbocycles. The third-order valence-electron chi connectivity index (χ3n) is 7.64. The highest BCUT2D eigenvalue weighted by atomic mass is 16.5. The molecular weight excluding hydrogens is 404 g/mol. The monoisotopic (exact) mass is 440 g/mol. The number of anilines is 1. The van der Waals surface area contributed by atoms with Gasteiger partial charge in [-0.1, -0.05) is 45.4 Å². The average molecular weight is 441 g/mol. The van der Waals surface area contributed by atoms with E-state index in [1.54, 1.807) is 0 Å². The van der Waals surface area contributed by atoms with Crippen molar-refractivity contribution in [1.82, 2.24) is 4.90 Å². The van der Waals surface area contributed by atoms with Crippen molar-refractivity contribution in [2.24, 2.45) is 22.7 Å². The van der Waals surface area contributed by atoms with E-state index in [1.807, 2.05) is 35.2 Å². The topological polar surface area (TPSA) is 66.9 Å². The number of fused-ring (bicyclic) bond motifs is 2. The van der Waals surface area contributed by atoms with Crippen LogP contribution in [0.25, 0.3) is 0 Å². The van der Waals surface area contributed by atoms with E-state index in [1.165, 1.54) is 12.0 Å². The van der Waals surface area contributed by atoms with Crippen molar-refractivity contribution in [2.75, 3.05) is 18.6 Å². The highest BCUT2D eigenvalue weighted by Gasteiger charge is 2.52. The Labute approximate surface area is 191 Å². The van der Waals surface area contributed by atoms with Crippen molar-refractivity contribution in [3.8, 4) is 0 Å². The number of likely N-dealkylation sites (tertiary alicyclic amines) is 1. The van der Waals surface area contributed by atoms with Crippen molar-refractivity contribution < 1.29 is 19.1 Å². The van der Waals surface area contributed by atoms with Crippen molar-refractivity contribution >= 4 is 23.6 Å². The standard InChI is InChI=1S/C26H36N2O4/c1-25(2)14-21-15-26(3,16-25)17-27(21)24(31)28(20-11-6-5-7-12-20)22(29)18-9-8-10-19(13-18)23(30)32-4/h5-7,11-12,18-19,21H,8-10,13-17H2,1-4H3. The zero-order valence-corrected chi connectivity index (χ0v) is 19.8. The van der Waals surface area contributed by atoms with Gasteiger partial charge < -0.3 is 9.64 Å². The van der Waals surface area contributed by atoms with E-state index in [4.69, 9.17) is 4.74 Å². The molecule has 6 heteroatoms. The van der Waals surface area contributed by atoms with Crippen LogP contribution in [-0.2, 0) is 14.3 Å². The van der Waals surface area contributed by atoms with Crippen LogP contribution < -0.4 is 4.90 Å². The summed E-state index contributed by atoms with van der Waals surface area (Å²) in [5.41, 5.74) is 0.883. The lowest BCUT2D eigenvalue weighted by molar-refractivity contribution is -0.147. The quantitative estimate of drug-likeness (QED) is 0.619. The van der Waals surface area contributed by atoms with Crippen LogP contribution in [-0.4, -0.2) is 42.5 Å². The minimum atomic E-state index is -0.356. The fraction of sp³-hybridized carbons (Fsp3) is 0.654. The van der Waals surface area contributed by atoms with E-state index in [0.717, 1.165) is 32.1 Å². The summed E-state index contributed by atoms with van der Waals surface area (Å²) in [5, 5.41) is 0. The molecule has 6 nitrogen and oxygen atoms in total. The number of benzene rings is 1. The van der Waals surface area contributed by atoms with Gasteiger partial charge >= 0.3 is 12.0 Å². The first kappa shape index (κ1) is 22.8. The van der Waals surface area contributed by atoms with Gasteiger partial charge in [0.25, 0.3) is 0 Å². The lowest BCUT2D eigenvalue weighted by Gasteiger charge is -2.39. The van der Waals surface area contributed by atoms with Gasteiger partial charge in [0.15, 0.2) is 0 Å². The molecule has 2 bridgehead atoms. The molecule has 3 aliphatic rings. The van der Waals surface area contributed by atoms with Crippen LogP contribution in [0.2, 0.25) is 0 Å². The molecule has 1 aliphatic heterocycles. The molecular formula is C26H36N2O4. The zero-order valence-electron chi connectivity index (χ0n) is 19.8. The lowest BCUT2D eigenvalue weighted by atomic mass is 9.65. The second-order valence-electron chi connectivity index (χ2n) is 11.2. The number of hydrogen-bond donors (Lipinski definition) is 0. The number of rotatable bonds is 3. The van der Waals surface area contributed by atoms with Gasteiger partial charge in [-0.2, -0.15) is 0 Å². The van der Waals surface area contributed by atoms with Gasteiger partial charge in [0.05, 0.1) is 18.7 Å². The number of carbonyl (C=O) groups excluding carboxylic acids is 3. The number of ether oxygens (including phenoxy) is 1. The Kier molecular flexibility index (Phi) is 6.08. The Hall–Kier alpha value is -2.37. The van der Waals surface area contributed by atoms with Gasteiger partial charge in [-0.05, 0) is 61.5 Å². The van der Waals surface area contributed by atoms with Crippen LogP contribution in [0.1, 0.15) is 65.7 Å². The molecule has 174 valence electrons. The van der Waals surface area contributed by atoms with Crippen molar-refractivity contribution in [2.45, 2.75) is 71.8 Å². The Balaban J connectivity index is 1.61. The number of hydrogen-bond acceptors (Lipinski definition) is 4. The molecule has 0 spiro atoms. The van der Waals surface area contributed by atoms with E-state index in [9.17, 15) is 14.4 Å². The third-order valence-corrected chi connectivity index (χ3v) is 7.64. The Morgan fingerprint density at radius 3 is 2.41 bits per heavy atom. The molecule has 0 aromatic heterocycles. The normalized spacial score (nSPS) is 31.1. The van der Waals surface area contributed by atoms with Gasteiger partial charge in [-0.3, -0.25) is 9.59 Å². The fourth-order valence-corrected chi connectivity index (χ4v) is 6.70. The van der Waals surface area contributed by atoms with E-state index in [0.29, 0.717) is 25.1 Å². The molecule has 0 radical (unpaired) electrons. The second kappa shape index (κ2) is 8.53. The second-order valence-corrected chi connectivity index (χ2v) is 11.2. The van der Waals surface area contributed by atoms with E-state index in [2.05, 4.69) is 20.8 Å². The highest BCUT2D eigenvalue weighted by molar-refractivity contribution is 6.15. The highest BCUT2D eigenvalue weighted by Crippen LogP contribution is 2.52. The Morgan fingerprint density at radius 1 is 1.03 bits per heavy atom. The maximum atomic E-state index is 13.9. The average Bonchev–Trinajstić information content (AvgIpc) is 3.02. The van der Waals surface area contributed by atoms with Crippen LogP contribution >= 0.6 is 0 Å². The number of carbonyl (C=O) groups is 3. The minimum absolute atomic E-state index is 0.0916. The smallest absolute Gasteiger partial charge is 0.331 e. The van der Waals surface area contributed by atoms with Gasteiger partial charge in [0, 0.05) is 18.5 Å². The largest absolute Gasteiger partial charge is 0.469 e. The summed E-state index contributed by atoms with van der Waals surface area (Å²) in [6, 6.07) is 9.19. The summed E-state index contributed by atoms with van der Waals surface area (Å²) < 4.78 is 4.93. The van der Waals surface area contributed by atoms with Crippen LogP contribution in [0.15, 0.2) is 30.3 Å². The summed E-state index contributed by atoms with van der Waals surface area (Å²) in [4.78, 5) is 43.2. The Morgan fingerprint density at radius 2 is 1.72 bits per heavy atom. The van der Waals surface area contributed by atoms with Crippen molar-refractivity contribution in [3.05, 3.63) is 30.3 Å². The van der Waals surface area contributed by atoms with Crippen LogP contribution in [0.3, 0.4) is 0 Å². The molecule has 3 fully saturated rings. The first-order chi connectivity index (χ1) is 15.1. The maximum absolute atomic E-state index is 13.9. The minimum Gasteiger partial charge on any atom is -0.469 e. The Bertz CT molecular complexity index is 883. The predicted molar refractivity (Wildman–Crippen MR) is 123 cm³/mol. The summed E-state index contributed by atoms with van der Waals surface area (Å²) in [5.74, 6) is -1.09. The number of nitrogens with zero attached hydrogens (tertiary/aromatic N) is 2. The fourth-order valence-electron chi connectivity index (χ4n) is 6.70. The first-order valence-electron chi connectivity index (χ1n) is 11.9. The number of urea groups is 1. The molecule has 4 unspecified atom stereocenters. The molecule has 2 saturated carbocycles. The predicted octanol–water partition coefficient (Wildman–Crippen LogP) is 5.02. The van der Waals surface area contributed by atoms with E-state index in [-0.39, 0.29) is 46.6 Å². The van der Waals surface area contributed by atoms with Crippen molar-refractivity contribution in [1.29, 1.82) is 0 Å². The third kappa shape index (κ3) is 4.41. The molecule has 1 saturated heterocycles. The zero-order chi connectivity index (χ0) is 23.1. The number of esters is 1. The summed E-state index contributed by atoms with van der Waals surface area (Å²) in [6.07, 6.45) is 5.69. The SMILES string of the molecule is COC(=O)C1CCCC(C(=O)N(C(=O)N2CC3(C)CC2CC(C)(C)C3)c2ccccc2)C1. The maximum Gasteiger partial charge on any atom is 0.331 e. The first-order valence-corrected chi connectivity index (χ1v) is 11.9. The van der Waals surface area contributed by atoms with Crippen LogP contribution in [0.4, 0.5) is 10.5 Å². The summed E-state index contributed by atoms with van der Waals surface area (Å²) >= 11 is 0. The summed E-state index contributed by atoms with van der Waals surface area (Å²) in [7, 11) is 1.39. The molecule has 1 heterocycles. The lowest BCUT2D eigenvalue weighted by Crippen LogP contribution is -2.51. The van der Waals surface area contributed by atoms with Gasteiger partial charge in [0.2, 0.25) is 5.91 Å². The van der Waals surface area contributed by atoms with Gasteiger partial charge in [-0.15, -0.1) is 0 Å². The van der Waals surface area contributed by atoms with Crippen LogP contribution in [0, 0.1) is 22.7 Å². The van der Waals surface area contributed by atoms with Gasteiger partial charge in [0.1, 0.15) is 0 Å². The molecule has 0 N–H and O–H groups in total. The van der Waals surface area contributed by atoms with E-state index < -0.39 is 0 Å². The number of para-hydroxylation sites is 1. The summed E-state index contributed by atoms with van der Waals surface area (Å²) in [6.45, 7) is 7.51. The molecule has 1 aromatic rings. The van der Waals surface area contributed by atoms with E-state index >= 15 is 0 Å². The molecule has 4 rings (SSSR count). The number of imide groups is 1. The molecule has 3 amide bonds.